The van der Waals surface area contributed by atoms with Crippen LogP contribution in [0.25, 0.3) is 0 Å². The molecule has 0 spiro atoms. The molecule has 1 heterocycles. The third kappa shape index (κ3) is 2.83. The molecular weight excluding hydrogens is 298 g/mol. The van der Waals surface area contributed by atoms with Gasteiger partial charge in [-0.1, -0.05) is 0 Å². The van der Waals surface area contributed by atoms with E-state index in [1.165, 1.54) is 11.3 Å². The maximum Gasteiger partial charge on any atom is 0.341 e. The normalized spacial score (nSPS) is 14.4. The van der Waals surface area contributed by atoms with Crippen LogP contribution in [0.4, 0.5) is 5.00 Å². The van der Waals surface area contributed by atoms with Gasteiger partial charge >= 0.3 is 5.97 Å². The van der Waals surface area contributed by atoms with Crippen molar-refractivity contribution in [3.8, 4) is 0 Å². The van der Waals surface area contributed by atoms with Crippen molar-refractivity contribution in [2.75, 3.05) is 11.3 Å². The van der Waals surface area contributed by atoms with Crippen molar-refractivity contribution >= 4 is 32.3 Å². The standard InChI is InChI=1S/C13H19NO4S2/c1-4-18-13(15)11-9-6-5-7-10(9)19-12(11)14-20(16,17)8(2)3/h8,14H,4-7H2,1-3H3. The van der Waals surface area contributed by atoms with Gasteiger partial charge in [-0.2, -0.15) is 0 Å². The van der Waals surface area contributed by atoms with Crippen molar-refractivity contribution in [2.45, 2.75) is 45.3 Å². The summed E-state index contributed by atoms with van der Waals surface area (Å²) in [7, 11) is -3.46. The van der Waals surface area contributed by atoms with Gasteiger partial charge in [0.2, 0.25) is 10.0 Å². The van der Waals surface area contributed by atoms with Gasteiger partial charge in [-0.25, -0.2) is 13.2 Å². The number of anilines is 1. The summed E-state index contributed by atoms with van der Waals surface area (Å²) in [6.45, 7) is 5.23. The molecule has 0 aromatic carbocycles. The molecule has 1 N–H and O–H groups in total. The van der Waals surface area contributed by atoms with E-state index in [4.69, 9.17) is 4.74 Å². The van der Waals surface area contributed by atoms with Crippen LogP contribution < -0.4 is 4.72 Å². The van der Waals surface area contributed by atoms with Crippen LogP contribution in [0.15, 0.2) is 0 Å². The van der Waals surface area contributed by atoms with Gasteiger partial charge in [-0.3, -0.25) is 4.72 Å². The number of sulfonamides is 1. The highest BCUT2D eigenvalue weighted by Crippen LogP contribution is 2.40. The Morgan fingerprint density at radius 2 is 2.10 bits per heavy atom. The van der Waals surface area contributed by atoms with Crippen LogP contribution in [-0.4, -0.2) is 26.2 Å². The van der Waals surface area contributed by atoms with Gasteiger partial charge in [-0.15, -0.1) is 11.3 Å². The van der Waals surface area contributed by atoms with Crippen molar-refractivity contribution in [3.05, 3.63) is 16.0 Å². The number of ether oxygens (including phenoxy) is 1. The molecule has 0 aliphatic heterocycles. The zero-order chi connectivity index (χ0) is 14.9. The fourth-order valence-electron chi connectivity index (χ4n) is 2.14. The Morgan fingerprint density at radius 3 is 2.70 bits per heavy atom. The number of rotatable bonds is 5. The summed E-state index contributed by atoms with van der Waals surface area (Å²) < 4.78 is 31.6. The second kappa shape index (κ2) is 5.73. The van der Waals surface area contributed by atoms with Crippen LogP contribution in [0.2, 0.25) is 0 Å². The van der Waals surface area contributed by atoms with Crippen molar-refractivity contribution in [2.24, 2.45) is 0 Å². The van der Waals surface area contributed by atoms with Crippen molar-refractivity contribution in [1.82, 2.24) is 0 Å². The van der Waals surface area contributed by atoms with Crippen LogP contribution in [0.1, 0.15) is 48.0 Å². The molecule has 1 aromatic heterocycles. The lowest BCUT2D eigenvalue weighted by Gasteiger charge is -2.11. The molecule has 1 aromatic rings. The highest BCUT2D eigenvalue weighted by atomic mass is 32.2. The van der Waals surface area contributed by atoms with Crippen LogP contribution in [0, 0.1) is 0 Å². The molecular formula is C13H19NO4S2. The highest BCUT2D eigenvalue weighted by Gasteiger charge is 2.30. The summed E-state index contributed by atoms with van der Waals surface area (Å²) in [4.78, 5) is 13.2. The topological polar surface area (TPSA) is 72.5 Å². The predicted molar refractivity (Wildman–Crippen MR) is 80.0 cm³/mol. The van der Waals surface area contributed by atoms with Crippen LogP contribution in [-0.2, 0) is 27.6 Å². The fraction of sp³-hybridized carbons (Fsp3) is 0.615. The molecule has 0 atom stereocenters. The number of hydrogen-bond donors (Lipinski definition) is 1. The molecule has 0 saturated carbocycles. The minimum Gasteiger partial charge on any atom is -0.462 e. The molecule has 0 unspecified atom stereocenters. The number of thiophene rings is 1. The first-order chi connectivity index (χ1) is 9.36. The highest BCUT2D eigenvalue weighted by molar-refractivity contribution is 7.93. The Bertz CT molecular complexity index is 617. The molecule has 112 valence electrons. The van der Waals surface area contributed by atoms with E-state index >= 15 is 0 Å². The lowest BCUT2D eigenvalue weighted by atomic mass is 10.1. The quantitative estimate of drug-likeness (QED) is 0.847. The Kier molecular flexibility index (Phi) is 4.39. The van der Waals surface area contributed by atoms with Gasteiger partial charge in [-0.05, 0) is 45.6 Å². The average molecular weight is 317 g/mol. The molecule has 2 rings (SSSR count). The van der Waals surface area contributed by atoms with Gasteiger partial charge in [0.25, 0.3) is 0 Å². The summed E-state index contributed by atoms with van der Waals surface area (Å²) in [5.41, 5.74) is 1.36. The van der Waals surface area contributed by atoms with Crippen LogP contribution >= 0.6 is 11.3 Å². The van der Waals surface area contributed by atoms with E-state index in [2.05, 4.69) is 4.72 Å². The number of carbonyl (C=O) groups is 1. The zero-order valence-corrected chi connectivity index (χ0v) is 13.5. The molecule has 7 heteroatoms. The lowest BCUT2D eigenvalue weighted by Crippen LogP contribution is -2.23. The smallest absolute Gasteiger partial charge is 0.341 e. The Morgan fingerprint density at radius 1 is 1.40 bits per heavy atom. The first-order valence-corrected chi connectivity index (χ1v) is 9.06. The van der Waals surface area contributed by atoms with E-state index in [0.717, 1.165) is 29.7 Å². The van der Waals surface area contributed by atoms with E-state index in [1.807, 2.05) is 0 Å². The Hall–Kier alpha value is -1.08. The lowest BCUT2D eigenvalue weighted by molar-refractivity contribution is 0.0527. The number of nitrogens with one attached hydrogen (secondary N) is 1. The molecule has 0 radical (unpaired) electrons. The summed E-state index contributed by atoms with van der Waals surface area (Å²) in [5.74, 6) is -0.437. The maximum atomic E-state index is 12.1. The molecule has 5 nitrogen and oxygen atoms in total. The third-order valence-corrected chi connectivity index (χ3v) is 6.32. The maximum absolute atomic E-state index is 12.1. The SMILES string of the molecule is CCOC(=O)c1c(NS(=O)(=O)C(C)C)sc2c1CCC2. The second-order valence-electron chi connectivity index (χ2n) is 4.98. The minimum absolute atomic E-state index is 0.278. The van der Waals surface area contributed by atoms with E-state index in [0.29, 0.717) is 10.6 Å². The minimum atomic E-state index is -3.46. The van der Waals surface area contributed by atoms with Crippen molar-refractivity contribution in [3.63, 3.8) is 0 Å². The number of carbonyl (C=O) groups excluding carboxylic acids is 1. The van der Waals surface area contributed by atoms with Gasteiger partial charge in [0, 0.05) is 4.88 Å². The van der Waals surface area contributed by atoms with Crippen molar-refractivity contribution < 1.29 is 17.9 Å². The molecule has 1 aliphatic rings. The van der Waals surface area contributed by atoms with Gasteiger partial charge in [0.05, 0.1) is 17.4 Å². The largest absolute Gasteiger partial charge is 0.462 e. The predicted octanol–water partition coefficient (Wildman–Crippen LogP) is 2.56. The average Bonchev–Trinajstić information content (AvgIpc) is 2.88. The molecule has 1 aliphatic carbocycles. The molecule has 0 amide bonds. The molecule has 0 bridgehead atoms. The van der Waals surface area contributed by atoms with E-state index in [1.54, 1.807) is 20.8 Å². The summed E-state index contributed by atoms with van der Waals surface area (Å²) in [6, 6.07) is 0. The molecule has 20 heavy (non-hydrogen) atoms. The van der Waals surface area contributed by atoms with Gasteiger partial charge < -0.3 is 4.74 Å². The second-order valence-corrected chi connectivity index (χ2v) is 8.32. The Balaban J connectivity index is 2.41. The molecule has 0 saturated heterocycles. The number of esters is 1. The van der Waals surface area contributed by atoms with Gasteiger partial charge in [0.15, 0.2) is 0 Å². The third-order valence-electron chi connectivity index (χ3n) is 3.26. The number of aryl methyl sites for hydroxylation is 1. The van der Waals surface area contributed by atoms with Gasteiger partial charge in [0.1, 0.15) is 5.00 Å². The molecule has 0 fully saturated rings. The monoisotopic (exact) mass is 317 g/mol. The first-order valence-electron chi connectivity index (χ1n) is 6.70. The van der Waals surface area contributed by atoms with Crippen LogP contribution in [0.5, 0.6) is 0 Å². The van der Waals surface area contributed by atoms with Crippen molar-refractivity contribution in [1.29, 1.82) is 0 Å². The van der Waals surface area contributed by atoms with E-state index in [9.17, 15) is 13.2 Å². The van der Waals surface area contributed by atoms with E-state index in [-0.39, 0.29) is 6.61 Å². The summed E-state index contributed by atoms with van der Waals surface area (Å²) in [5, 5.41) is -0.142. The van der Waals surface area contributed by atoms with E-state index < -0.39 is 21.2 Å². The Labute approximate surface area is 123 Å². The first kappa shape index (κ1) is 15.3. The fourth-order valence-corrected chi connectivity index (χ4v) is 4.38. The summed E-state index contributed by atoms with van der Waals surface area (Å²) in [6.07, 6.45) is 2.71. The number of fused-ring (bicyclic) bond motifs is 1. The van der Waals surface area contributed by atoms with Crippen LogP contribution in [0.3, 0.4) is 0 Å². The zero-order valence-electron chi connectivity index (χ0n) is 11.9. The summed E-state index contributed by atoms with van der Waals surface area (Å²) >= 11 is 1.36. The number of hydrogen-bond acceptors (Lipinski definition) is 5.